The molecule has 3 rings (SSSR count). The molecule has 0 radical (unpaired) electrons. The normalized spacial score (nSPS) is 11.2. The van der Waals surface area contributed by atoms with Gasteiger partial charge in [0.25, 0.3) is 0 Å². The highest BCUT2D eigenvalue weighted by atomic mass is 32.1. The highest BCUT2D eigenvalue weighted by Gasteiger charge is 2.11. The molecule has 0 saturated heterocycles. The number of fused-ring (bicyclic) bond motifs is 1. The van der Waals surface area contributed by atoms with Crippen LogP contribution in [0.2, 0.25) is 0 Å². The summed E-state index contributed by atoms with van der Waals surface area (Å²) in [6.45, 7) is 0.394. The van der Waals surface area contributed by atoms with Crippen molar-refractivity contribution in [1.29, 1.82) is 0 Å². The number of aromatic nitrogens is 3. The van der Waals surface area contributed by atoms with Crippen LogP contribution in [-0.2, 0) is 6.54 Å². The molecule has 3 aromatic rings. The number of H-pyrrole nitrogens is 1. The van der Waals surface area contributed by atoms with Crippen LogP contribution in [0.5, 0.6) is 0 Å². The average molecular weight is 283 g/mol. The van der Waals surface area contributed by atoms with Crippen LogP contribution >= 0.6 is 23.6 Å². The van der Waals surface area contributed by atoms with Crippen LogP contribution in [0.15, 0.2) is 23.0 Å². The molecule has 1 aromatic carbocycles. The summed E-state index contributed by atoms with van der Waals surface area (Å²) < 4.78 is 28.8. The molecule has 92 valence electrons. The molecule has 0 spiro atoms. The molecule has 18 heavy (non-hydrogen) atoms. The van der Waals surface area contributed by atoms with Gasteiger partial charge in [0.2, 0.25) is 0 Å². The van der Waals surface area contributed by atoms with E-state index in [1.54, 1.807) is 10.1 Å². The Hall–Kier alpha value is -1.60. The number of halogens is 2. The van der Waals surface area contributed by atoms with Crippen LogP contribution < -0.4 is 0 Å². The summed E-state index contributed by atoms with van der Waals surface area (Å²) in [4.78, 5) is 6.88. The molecule has 0 saturated carbocycles. The van der Waals surface area contributed by atoms with Gasteiger partial charge >= 0.3 is 0 Å². The number of hydrogen-bond acceptors (Lipinski definition) is 3. The molecule has 7 heteroatoms. The van der Waals surface area contributed by atoms with Gasteiger partial charge in [-0.05, 0) is 18.3 Å². The number of rotatable bonds is 2. The van der Waals surface area contributed by atoms with E-state index in [-0.39, 0.29) is 5.52 Å². The first-order valence-corrected chi connectivity index (χ1v) is 6.45. The van der Waals surface area contributed by atoms with Gasteiger partial charge in [-0.25, -0.2) is 13.8 Å². The van der Waals surface area contributed by atoms with Gasteiger partial charge in [-0.3, -0.25) is 0 Å². The van der Waals surface area contributed by atoms with Gasteiger partial charge in [0, 0.05) is 11.4 Å². The first-order chi connectivity index (χ1) is 8.65. The average Bonchev–Trinajstić information content (AvgIpc) is 2.91. The maximum atomic E-state index is 13.6. The standard InChI is InChI=1S/C11H7F2N3S2/c12-6-1-8(13)10-9(2-6)16(11(17)15-10)3-7-4-18-5-14-7/h1-2,4-5H,3H2,(H,15,17). The van der Waals surface area contributed by atoms with E-state index in [0.717, 1.165) is 11.8 Å². The minimum Gasteiger partial charge on any atom is -0.328 e. The Kier molecular flexibility index (Phi) is 2.71. The minimum atomic E-state index is -0.645. The van der Waals surface area contributed by atoms with Gasteiger partial charge in [-0.15, -0.1) is 11.3 Å². The van der Waals surface area contributed by atoms with Crippen molar-refractivity contribution in [2.24, 2.45) is 0 Å². The molecule has 1 N–H and O–H groups in total. The van der Waals surface area contributed by atoms with E-state index in [2.05, 4.69) is 9.97 Å². The molecule has 0 fully saturated rings. The van der Waals surface area contributed by atoms with E-state index in [1.165, 1.54) is 17.4 Å². The summed E-state index contributed by atoms with van der Waals surface area (Å²) >= 11 is 6.59. The largest absolute Gasteiger partial charge is 0.328 e. The quantitative estimate of drug-likeness (QED) is 0.730. The van der Waals surface area contributed by atoms with Crippen molar-refractivity contribution in [3.63, 3.8) is 0 Å². The summed E-state index contributed by atoms with van der Waals surface area (Å²) in [6, 6.07) is 2.10. The SMILES string of the molecule is Fc1cc(F)c2[nH]c(=S)n(Cc3cscn3)c2c1. The van der Waals surface area contributed by atoms with Crippen molar-refractivity contribution in [2.45, 2.75) is 6.54 Å². The Morgan fingerprint density at radius 2 is 2.22 bits per heavy atom. The summed E-state index contributed by atoms with van der Waals surface area (Å²) in [6.07, 6.45) is 0. The Labute approximate surface area is 110 Å². The van der Waals surface area contributed by atoms with Crippen LogP contribution in [0.25, 0.3) is 11.0 Å². The third-order valence-electron chi connectivity index (χ3n) is 2.61. The van der Waals surface area contributed by atoms with Crippen molar-refractivity contribution < 1.29 is 8.78 Å². The molecule has 0 aliphatic rings. The second-order valence-electron chi connectivity index (χ2n) is 3.78. The number of benzene rings is 1. The third kappa shape index (κ3) is 1.85. The van der Waals surface area contributed by atoms with Crippen molar-refractivity contribution >= 4 is 34.6 Å². The molecule has 0 atom stereocenters. The fourth-order valence-electron chi connectivity index (χ4n) is 1.82. The number of nitrogens with zero attached hydrogens (tertiary/aromatic N) is 2. The summed E-state index contributed by atoms with van der Waals surface area (Å²) in [5.74, 6) is -1.27. The van der Waals surface area contributed by atoms with Gasteiger partial charge < -0.3 is 9.55 Å². The predicted molar refractivity (Wildman–Crippen MR) is 68.3 cm³/mol. The topological polar surface area (TPSA) is 33.6 Å². The van der Waals surface area contributed by atoms with Gasteiger partial charge in [-0.1, -0.05) is 0 Å². The lowest BCUT2D eigenvalue weighted by Crippen LogP contribution is -2.00. The molecule has 0 amide bonds. The first-order valence-electron chi connectivity index (χ1n) is 5.10. The van der Waals surface area contributed by atoms with Gasteiger partial charge in [0.1, 0.15) is 11.3 Å². The van der Waals surface area contributed by atoms with Crippen molar-refractivity contribution in [3.8, 4) is 0 Å². The third-order valence-corrected chi connectivity index (χ3v) is 3.56. The molecule has 0 unspecified atom stereocenters. The van der Waals surface area contributed by atoms with E-state index in [1.807, 2.05) is 5.38 Å². The number of thiazole rings is 1. The van der Waals surface area contributed by atoms with Crippen LogP contribution in [0, 0.1) is 16.4 Å². The van der Waals surface area contributed by atoms with E-state index >= 15 is 0 Å². The fourth-order valence-corrected chi connectivity index (χ4v) is 2.63. The molecular formula is C11H7F2N3S2. The Bertz CT molecular complexity index is 759. The van der Waals surface area contributed by atoms with E-state index in [9.17, 15) is 8.78 Å². The Balaban J connectivity index is 2.22. The second kappa shape index (κ2) is 4.25. The van der Waals surface area contributed by atoms with Crippen molar-refractivity contribution in [1.82, 2.24) is 14.5 Å². The van der Waals surface area contributed by atoms with Gasteiger partial charge in [0.05, 0.1) is 23.3 Å². The maximum absolute atomic E-state index is 13.6. The molecular weight excluding hydrogens is 276 g/mol. The molecule has 3 nitrogen and oxygen atoms in total. The van der Waals surface area contributed by atoms with Crippen molar-refractivity contribution in [3.05, 3.63) is 45.1 Å². The summed E-state index contributed by atoms with van der Waals surface area (Å²) in [5, 5.41) is 1.87. The van der Waals surface area contributed by atoms with Crippen LogP contribution in [0.1, 0.15) is 5.69 Å². The zero-order chi connectivity index (χ0) is 12.7. The summed E-state index contributed by atoms with van der Waals surface area (Å²) in [5.41, 5.74) is 3.14. The fraction of sp³-hybridized carbons (Fsp3) is 0.0909. The Morgan fingerprint density at radius 1 is 1.39 bits per heavy atom. The molecule has 0 aliphatic heterocycles. The number of nitrogens with one attached hydrogen (secondary N) is 1. The van der Waals surface area contributed by atoms with Crippen LogP contribution in [-0.4, -0.2) is 14.5 Å². The van der Waals surface area contributed by atoms with Crippen LogP contribution in [0.4, 0.5) is 8.78 Å². The van der Waals surface area contributed by atoms with Crippen LogP contribution in [0.3, 0.4) is 0 Å². The smallest absolute Gasteiger partial charge is 0.178 e. The minimum absolute atomic E-state index is 0.219. The Morgan fingerprint density at radius 3 is 2.94 bits per heavy atom. The monoisotopic (exact) mass is 283 g/mol. The zero-order valence-electron chi connectivity index (χ0n) is 8.98. The summed E-state index contributed by atoms with van der Waals surface area (Å²) in [7, 11) is 0. The number of hydrogen-bond donors (Lipinski definition) is 1. The lowest BCUT2D eigenvalue weighted by molar-refractivity contribution is 0.590. The highest BCUT2D eigenvalue weighted by Crippen LogP contribution is 2.20. The molecule has 0 bridgehead atoms. The van der Waals surface area contributed by atoms with Gasteiger partial charge in [-0.2, -0.15) is 0 Å². The zero-order valence-corrected chi connectivity index (χ0v) is 10.6. The molecule has 0 aliphatic carbocycles. The predicted octanol–water partition coefficient (Wildman–Crippen LogP) is 3.48. The van der Waals surface area contributed by atoms with E-state index < -0.39 is 11.6 Å². The second-order valence-corrected chi connectivity index (χ2v) is 4.88. The molecule has 2 heterocycles. The highest BCUT2D eigenvalue weighted by molar-refractivity contribution is 7.71. The maximum Gasteiger partial charge on any atom is 0.178 e. The molecule has 2 aromatic heterocycles. The van der Waals surface area contributed by atoms with Gasteiger partial charge in [0.15, 0.2) is 10.6 Å². The lowest BCUT2D eigenvalue weighted by Gasteiger charge is -2.02. The lowest BCUT2D eigenvalue weighted by atomic mass is 10.3. The number of aromatic amines is 1. The van der Waals surface area contributed by atoms with Crippen molar-refractivity contribution in [2.75, 3.05) is 0 Å². The number of imidazole rings is 1. The van der Waals surface area contributed by atoms with E-state index in [4.69, 9.17) is 12.2 Å². The van der Waals surface area contributed by atoms with E-state index in [0.29, 0.717) is 16.8 Å². The first kappa shape index (κ1) is 11.5.